The minimum Gasteiger partial charge on any atom is -0.349 e. The fourth-order valence-electron chi connectivity index (χ4n) is 4.08. The van der Waals surface area contributed by atoms with E-state index in [2.05, 4.69) is 20.2 Å². The molecule has 2 saturated heterocycles. The second-order valence-corrected chi connectivity index (χ2v) is 10.1. The van der Waals surface area contributed by atoms with Crippen molar-refractivity contribution < 1.29 is 18.0 Å². The molecule has 2 amide bonds. The van der Waals surface area contributed by atoms with Crippen molar-refractivity contribution >= 4 is 21.7 Å². The molecular formula is C18H29N5O4S. The van der Waals surface area contributed by atoms with E-state index in [1.54, 1.807) is 11.9 Å². The highest BCUT2D eigenvalue weighted by Gasteiger charge is 2.34. The number of aromatic amines is 1. The van der Waals surface area contributed by atoms with Gasteiger partial charge in [-0.15, -0.1) is 0 Å². The molecule has 156 valence electrons. The van der Waals surface area contributed by atoms with Crippen LogP contribution in [0.3, 0.4) is 0 Å². The van der Waals surface area contributed by atoms with Crippen LogP contribution in [-0.2, 0) is 14.6 Å². The lowest BCUT2D eigenvalue weighted by Gasteiger charge is -2.33. The molecule has 0 radical (unpaired) electrons. The number of rotatable bonds is 6. The number of H-pyrrole nitrogens is 1. The smallest absolute Gasteiger partial charge is 0.269 e. The van der Waals surface area contributed by atoms with Gasteiger partial charge in [0.2, 0.25) is 5.91 Å². The number of carbonyl (C=O) groups is 2. The third kappa shape index (κ3) is 4.91. The first-order chi connectivity index (χ1) is 13.3. The van der Waals surface area contributed by atoms with Crippen LogP contribution in [0.15, 0.2) is 12.5 Å². The molecule has 1 aromatic rings. The van der Waals surface area contributed by atoms with Gasteiger partial charge in [-0.3, -0.25) is 14.5 Å². The molecule has 1 aromatic heterocycles. The number of nitrogens with one attached hydrogen (secondary N) is 2. The Hall–Kier alpha value is -1.94. The van der Waals surface area contributed by atoms with Gasteiger partial charge in [0, 0.05) is 38.1 Å². The van der Waals surface area contributed by atoms with Gasteiger partial charge in [-0.2, -0.15) is 0 Å². The number of imidazole rings is 1. The second-order valence-electron chi connectivity index (χ2n) is 7.82. The third-order valence-corrected chi connectivity index (χ3v) is 7.82. The maximum absolute atomic E-state index is 12.7. The van der Waals surface area contributed by atoms with Crippen LogP contribution in [0.5, 0.6) is 0 Å². The molecule has 28 heavy (non-hydrogen) atoms. The van der Waals surface area contributed by atoms with E-state index in [-0.39, 0.29) is 41.4 Å². The summed E-state index contributed by atoms with van der Waals surface area (Å²) in [5.41, 5.74) is 0.434. The second kappa shape index (κ2) is 8.60. The average molecular weight is 412 g/mol. The van der Waals surface area contributed by atoms with Gasteiger partial charge in [-0.25, -0.2) is 13.4 Å². The maximum atomic E-state index is 12.7. The monoisotopic (exact) mass is 411 g/mol. The molecule has 9 nitrogen and oxygen atoms in total. The third-order valence-electron chi connectivity index (χ3n) is 6.10. The molecule has 2 aliphatic heterocycles. The predicted octanol–water partition coefficient (Wildman–Crippen LogP) is 0.0280. The number of hydrogen-bond acceptors (Lipinski definition) is 6. The van der Waals surface area contributed by atoms with Crippen LogP contribution in [0.1, 0.15) is 42.6 Å². The first kappa shape index (κ1) is 20.8. The largest absolute Gasteiger partial charge is 0.349 e. The van der Waals surface area contributed by atoms with Gasteiger partial charge in [0.25, 0.3) is 5.91 Å². The van der Waals surface area contributed by atoms with Gasteiger partial charge in [0.05, 0.1) is 24.0 Å². The molecule has 0 spiro atoms. The summed E-state index contributed by atoms with van der Waals surface area (Å²) in [7, 11) is 0.841. The van der Waals surface area contributed by atoms with E-state index in [4.69, 9.17) is 0 Å². The van der Waals surface area contributed by atoms with E-state index >= 15 is 0 Å². The van der Waals surface area contributed by atoms with Crippen LogP contribution < -0.4 is 5.32 Å². The fourth-order valence-corrected chi connectivity index (χ4v) is 5.55. The predicted molar refractivity (Wildman–Crippen MR) is 105 cm³/mol. The summed E-state index contributed by atoms with van der Waals surface area (Å²) >= 11 is 0. The highest BCUT2D eigenvalue weighted by atomic mass is 32.2. The van der Waals surface area contributed by atoms with Crippen LogP contribution in [0.4, 0.5) is 0 Å². The summed E-state index contributed by atoms with van der Waals surface area (Å²) < 4.78 is 23.2. The van der Waals surface area contributed by atoms with Gasteiger partial charge >= 0.3 is 0 Å². The summed E-state index contributed by atoms with van der Waals surface area (Å²) in [6.07, 6.45) is 6.24. The van der Waals surface area contributed by atoms with Crippen molar-refractivity contribution in [1.29, 1.82) is 0 Å². The first-order valence-corrected chi connectivity index (χ1v) is 11.5. The molecule has 0 saturated carbocycles. The van der Waals surface area contributed by atoms with Crippen molar-refractivity contribution in [1.82, 2.24) is 25.1 Å². The molecule has 0 aliphatic carbocycles. The molecule has 2 aliphatic rings. The van der Waals surface area contributed by atoms with E-state index in [0.29, 0.717) is 31.5 Å². The molecule has 0 unspecified atom stereocenters. The van der Waals surface area contributed by atoms with E-state index in [0.717, 1.165) is 12.8 Å². The Labute approximate surface area is 165 Å². The molecule has 2 atom stereocenters. The van der Waals surface area contributed by atoms with Crippen LogP contribution in [0.2, 0.25) is 0 Å². The highest BCUT2D eigenvalue weighted by molar-refractivity contribution is 7.91. The SMILES string of the molecule is CN(C(=O)C[C@H]1CC[C@@H](CNC(=O)c2cnc[nH]2)N1C)C1CCS(=O)(=O)CC1. The van der Waals surface area contributed by atoms with Gasteiger partial charge < -0.3 is 15.2 Å². The lowest BCUT2D eigenvalue weighted by atomic mass is 10.1. The van der Waals surface area contributed by atoms with Crippen LogP contribution in [-0.4, -0.2) is 90.3 Å². The van der Waals surface area contributed by atoms with Crippen molar-refractivity contribution in [3.05, 3.63) is 18.2 Å². The number of carbonyl (C=O) groups excluding carboxylic acids is 2. The summed E-state index contributed by atoms with van der Waals surface area (Å²) in [5.74, 6) is 0.202. The number of hydrogen-bond donors (Lipinski definition) is 2. The zero-order valence-corrected chi connectivity index (χ0v) is 17.2. The van der Waals surface area contributed by atoms with Gasteiger partial charge in [0.15, 0.2) is 0 Å². The first-order valence-electron chi connectivity index (χ1n) is 9.71. The molecule has 3 rings (SSSR count). The highest BCUT2D eigenvalue weighted by Crippen LogP contribution is 2.26. The molecular weight excluding hydrogens is 382 g/mol. The number of likely N-dealkylation sites (tertiary alicyclic amines) is 1. The molecule has 2 fully saturated rings. The number of likely N-dealkylation sites (N-methyl/N-ethyl adjacent to an activating group) is 1. The van der Waals surface area contributed by atoms with Gasteiger partial charge in [-0.05, 0) is 32.7 Å². The van der Waals surface area contributed by atoms with Crippen molar-refractivity contribution in [2.45, 2.75) is 50.2 Å². The Bertz CT molecular complexity index is 781. The maximum Gasteiger partial charge on any atom is 0.269 e. The molecule has 0 aromatic carbocycles. The van der Waals surface area contributed by atoms with Gasteiger partial charge in [-0.1, -0.05) is 0 Å². The quantitative estimate of drug-likeness (QED) is 0.682. The van der Waals surface area contributed by atoms with E-state index in [9.17, 15) is 18.0 Å². The van der Waals surface area contributed by atoms with Crippen molar-refractivity contribution in [3.8, 4) is 0 Å². The normalized spacial score (nSPS) is 25.5. The summed E-state index contributed by atoms with van der Waals surface area (Å²) in [6, 6.07) is 0.332. The van der Waals surface area contributed by atoms with E-state index in [1.807, 2.05) is 7.05 Å². The summed E-state index contributed by atoms with van der Waals surface area (Å²) in [5, 5.41) is 2.91. The average Bonchev–Trinajstić information content (AvgIpc) is 3.30. The zero-order valence-electron chi connectivity index (χ0n) is 16.4. The van der Waals surface area contributed by atoms with Crippen LogP contribution in [0.25, 0.3) is 0 Å². The number of sulfone groups is 1. The van der Waals surface area contributed by atoms with Gasteiger partial charge in [0.1, 0.15) is 15.5 Å². The Morgan fingerprint density at radius 2 is 1.93 bits per heavy atom. The lowest BCUT2D eigenvalue weighted by molar-refractivity contribution is -0.133. The molecule has 10 heteroatoms. The van der Waals surface area contributed by atoms with Crippen LogP contribution in [0, 0.1) is 0 Å². The molecule has 2 N–H and O–H groups in total. The zero-order chi connectivity index (χ0) is 20.3. The van der Waals surface area contributed by atoms with E-state index in [1.165, 1.54) is 12.5 Å². The minimum atomic E-state index is -2.93. The van der Waals surface area contributed by atoms with E-state index < -0.39 is 9.84 Å². The Morgan fingerprint density at radius 3 is 2.57 bits per heavy atom. The summed E-state index contributed by atoms with van der Waals surface area (Å²) in [4.78, 5) is 35.3. The lowest BCUT2D eigenvalue weighted by Crippen LogP contribution is -2.45. The standard InChI is InChI=1S/C18H29N5O4S/c1-22-14(3-4-15(22)10-20-18(25)16-11-19-12-21-16)9-17(24)23(2)13-5-7-28(26,27)8-6-13/h11-15H,3-10H2,1-2H3,(H,19,21)(H,20,25)/t14-,15+/m1/s1. The van der Waals surface area contributed by atoms with Crippen LogP contribution >= 0.6 is 0 Å². The van der Waals surface area contributed by atoms with Crippen molar-refractivity contribution in [2.24, 2.45) is 0 Å². The minimum absolute atomic E-state index is 0.00669. The number of amides is 2. The summed E-state index contributed by atoms with van der Waals surface area (Å²) in [6.45, 7) is 0.523. The Morgan fingerprint density at radius 1 is 1.25 bits per heavy atom. The molecule has 3 heterocycles. The Balaban J connectivity index is 1.46. The topological polar surface area (TPSA) is 115 Å². The fraction of sp³-hybridized carbons (Fsp3) is 0.722. The molecule has 0 bridgehead atoms. The number of aromatic nitrogens is 2. The Kier molecular flexibility index (Phi) is 6.39. The van der Waals surface area contributed by atoms with Crippen molar-refractivity contribution in [2.75, 3.05) is 32.1 Å². The number of nitrogens with zero attached hydrogens (tertiary/aromatic N) is 3. The van der Waals surface area contributed by atoms with Crippen molar-refractivity contribution in [3.63, 3.8) is 0 Å².